The summed E-state index contributed by atoms with van der Waals surface area (Å²) in [6.07, 6.45) is -0.763. The minimum absolute atomic E-state index is 0.110. The lowest BCUT2D eigenvalue weighted by Gasteiger charge is -2.26. The van der Waals surface area contributed by atoms with Gasteiger partial charge in [0.2, 0.25) is 0 Å². The zero-order valence-corrected chi connectivity index (χ0v) is 12.4. The topological polar surface area (TPSA) is 66.8 Å². The minimum Gasteiger partial charge on any atom is -0.480 e. The van der Waals surface area contributed by atoms with E-state index in [1.54, 1.807) is 45.0 Å². The summed E-state index contributed by atoms with van der Waals surface area (Å²) in [6, 6.07) is 7.77. The van der Waals surface area contributed by atoms with Crippen LogP contribution in [0.15, 0.2) is 30.3 Å². The smallest absolute Gasteiger partial charge is 0.425 e. The predicted molar refractivity (Wildman–Crippen MR) is 75.5 cm³/mol. The molecular weight excluding hydrogens is 282 g/mol. The van der Waals surface area contributed by atoms with Gasteiger partial charge in [0.15, 0.2) is 6.04 Å². The van der Waals surface area contributed by atoms with E-state index in [1.807, 2.05) is 6.07 Å². The van der Waals surface area contributed by atoms with E-state index in [4.69, 9.17) is 16.5 Å². The van der Waals surface area contributed by atoms with E-state index in [9.17, 15) is 14.7 Å². The highest BCUT2D eigenvalue weighted by Crippen LogP contribution is 2.17. The zero-order chi connectivity index (χ0) is 15.3. The highest BCUT2D eigenvalue weighted by atomic mass is 35.5. The van der Waals surface area contributed by atoms with Gasteiger partial charge in [-0.25, -0.2) is 14.0 Å². The van der Waals surface area contributed by atoms with Crippen molar-refractivity contribution in [3.8, 4) is 0 Å². The Morgan fingerprint density at radius 2 is 1.85 bits per heavy atom. The molecule has 0 spiro atoms. The summed E-state index contributed by atoms with van der Waals surface area (Å²) in [4.78, 5) is 23.1. The number of hydrogen-bond acceptors (Lipinski definition) is 3. The maximum atomic E-state index is 11.8. The number of benzene rings is 1. The Bertz CT molecular complexity index is 470. The number of halogens is 1. The van der Waals surface area contributed by atoms with E-state index >= 15 is 0 Å². The Balaban J connectivity index is 2.81. The number of carbonyl (C=O) groups is 2. The maximum Gasteiger partial charge on any atom is 0.425 e. The van der Waals surface area contributed by atoms with Crippen molar-refractivity contribution < 1.29 is 19.4 Å². The fourth-order valence-corrected chi connectivity index (χ4v) is 1.72. The first-order chi connectivity index (χ1) is 9.20. The largest absolute Gasteiger partial charge is 0.480 e. The van der Waals surface area contributed by atoms with Gasteiger partial charge in [-0.1, -0.05) is 30.3 Å². The number of hydrogen-bond donors (Lipinski definition) is 1. The molecule has 0 aromatic heterocycles. The third-order valence-electron chi connectivity index (χ3n) is 2.40. The monoisotopic (exact) mass is 299 g/mol. The van der Waals surface area contributed by atoms with Crippen molar-refractivity contribution >= 4 is 23.8 Å². The molecule has 110 valence electrons. The molecule has 1 aromatic rings. The van der Waals surface area contributed by atoms with Gasteiger partial charge in [0.05, 0.1) is 0 Å². The summed E-state index contributed by atoms with van der Waals surface area (Å²) < 4.78 is 5.66. The maximum absolute atomic E-state index is 11.8. The van der Waals surface area contributed by atoms with Crippen molar-refractivity contribution in [1.29, 1.82) is 0 Å². The van der Waals surface area contributed by atoms with Crippen LogP contribution in [0.3, 0.4) is 0 Å². The summed E-state index contributed by atoms with van der Waals surface area (Å²) in [7, 11) is 0. The molecule has 5 nitrogen and oxygen atoms in total. The summed E-state index contributed by atoms with van der Waals surface area (Å²) >= 11 is 5.83. The third-order valence-corrected chi connectivity index (χ3v) is 2.77. The molecule has 0 fully saturated rings. The molecule has 0 heterocycles. The Kier molecular flexibility index (Phi) is 5.39. The predicted octanol–water partition coefficient (Wildman–Crippen LogP) is 3.07. The molecule has 0 aliphatic heterocycles. The zero-order valence-electron chi connectivity index (χ0n) is 11.7. The van der Waals surface area contributed by atoms with Gasteiger partial charge in [0, 0.05) is 18.2 Å². The molecule has 0 radical (unpaired) electrons. The van der Waals surface area contributed by atoms with Crippen molar-refractivity contribution in [3.05, 3.63) is 35.9 Å². The lowest BCUT2D eigenvalue weighted by atomic mass is 10.1. The van der Waals surface area contributed by atoms with Crippen LogP contribution in [-0.4, -0.2) is 33.2 Å². The fourth-order valence-electron chi connectivity index (χ4n) is 1.53. The fraction of sp³-hybridized carbons (Fsp3) is 0.429. The Morgan fingerprint density at radius 3 is 2.30 bits per heavy atom. The van der Waals surface area contributed by atoms with E-state index in [0.717, 1.165) is 5.56 Å². The molecule has 0 aliphatic carbocycles. The molecule has 1 amide bonds. The number of nitrogens with zero attached hydrogens (tertiary/aromatic N) is 1. The van der Waals surface area contributed by atoms with Crippen LogP contribution in [0, 0.1) is 0 Å². The molecular formula is C14H18ClNO4. The standard InChI is InChI=1S/C14H18ClNO4/c1-14(2,3)20-13(19)16(15)11(12(17)18)9-10-7-5-4-6-8-10/h4-8,11H,9H2,1-3H3,(H,17,18)/t11-/m1/s1. The Hall–Kier alpha value is -1.75. The lowest BCUT2D eigenvalue weighted by molar-refractivity contribution is -0.141. The van der Waals surface area contributed by atoms with Gasteiger partial charge in [0.1, 0.15) is 5.60 Å². The average molecular weight is 300 g/mol. The quantitative estimate of drug-likeness (QED) is 0.868. The third kappa shape index (κ3) is 5.09. The summed E-state index contributed by atoms with van der Waals surface area (Å²) in [5.41, 5.74) is 0.0362. The van der Waals surface area contributed by atoms with Crippen LogP contribution >= 0.6 is 11.8 Å². The second kappa shape index (κ2) is 6.61. The Labute approximate surface area is 123 Å². The molecule has 1 atom stereocenters. The van der Waals surface area contributed by atoms with Gasteiger partial charge in [-0.3, -0.25) is 0 Å². The SMILES string of the molecule is CC(C)(C)OC(=O)N(Cl)[C@H](Cc1ccccc1)C(=O)O. The number of carboxylic acid groups (broad SMARTS) is 1. The highest BCUT2D eigenvalue weighted by Gasteiger charge is 2.32. The molecule has 1 N–H and O–H groups in total. The van der Waals surface area contributed by atoms with Crippen LogP contribution < -0.4 is 0 Å². The van der Waals surface area contributed by atoms with Gasteiger partial charge in [-0.05, 0) is 26.3 Å². The van der Waals surface area contributed by atoms with Crippen LogP contribution in [-0.2, 0) is 16.0 Å². The van der Waals surface area contributed by atoms with E-state index in [0.29, 0.717) is 4.42 Å². The van der Waals surface area contributed by atoms with Gasteiger partial charge in [-0.15, -0.1) is 0 Å². The molecule has 0 saturated carbocycles. The number of carboxylic acids is 1. The summed E-state index contributed by atoms with van der Waals surface area (Å²) in [5.74, 6) is -1.19. The van der Waals surface area contributed by atoms with Crippen molar-refractivity contribution in [3.63, 3.8) is 0 Å². The van der Waals surface area contributed by atoms with Crippen LogP contribution in [0.5, 0.6) is 0 Å². The molecule has 1 rings (SSSR count). The van der Waals surface area contributed by atoms with E-state index in [-0.39, 0.29) is 6.42 Å². The first kappa shape index (κ1) is 16.3. The Morgan fingerprint density at radius 1 is 1.30 bits per heavy atom. The number of rotatable bonds is 4. The number of amides is 1. The van der Waals surface area contributed by atoms with Gasteiger partial charge >= 0.3 is 12.1 Å². The number of aliphatic carboxylic acids is 1. The van der Waals surface area contributed by atoms with E-state index < -0.39 is 23.7 Å². The average Bonchev–Trinajstić information content (AvgIpc) is 2.34. The summed E-state index contributed by atoms with van der Waals surface area (Å²) in [5, 5.41) is 9.22. The molecule has 1 aromatic carbocycles. The number of carbonyl (C=O) groups excluding carboxylic acids is 1. The van der Waals surface area contributed by atoms with Crippen molar-refractivity contribution in [2.75, 3.05) is 0 Å². The van der Waals surface area contributed by atoms with Crippen LogP contribution in [0.4, 0.5) is 4.79 Å². The van der Waals surface area contributed by atoms with Crippen LogP contribution in [0.25, 0.3) is 0 Å². The second-order valence-electron chi connectivity index (χ2n) is 5.34. The number of ether oxygens (including phenoxy) is 1. The minimum atomic E-state index is -1.19. The first-order valence-corrected chi connectivity index (χ1v) is 6.49. The van der Waals surface area contributed by atoms with Gasteiger partial charge in [-0.2, -0.15) is 0 Å². The van der Waals surface area contributed by atoms with E-state index in [1.165, 1.54) is 0 Å². The molecule has 6 heteroatoms. The van der Waals surface area contributed by atoms with Crippen LogP contribution in [0.1, 0.15) is 26.3 Å². The highest BCUT2D eigenvalue weighted by molar-refractivity contribution is 6.21. The lowest BCUT2D eigenvalue weighted by Crippen LogP contribution is -2.43. The van der Waals surface area contributed by atoms with Crippen molar-refractivity contribution in [2.45, 2.75) is 38.8 Å². The van der Waals surface area contributed by atoms with E-state index in [2.05, 4.69) is 0 Å². The van der Waals surface area contributed by atoms with Gasteiger partial charge in [0.25, 0.3) is 0 Å². The molecule has 0 saturated heterocycles. The molecule has 0 unspecified atom stereocenters. The van der Waals surface area contributed by atoms with Crippen molar-refractivity contribution in [2.24, 2.45) is 0 Å². The molecule has 0 bridgehead atoms. The first-order valence-electron chi connectivity index (χ1n) is 6.15. The second-order valence-corrected chi connectivity index (χ2v) is 5.70. The van der Waals surface area contributed by atoms with Crippen molar-refractivity contribution in [1.82, 2.24) is 4.42 Å². The normalized spacial score (nSPS) is 12.6. The molecule has 0 aliphatic rings. The molecule has 20 heavy (non-hydrogen) atoms. The van der Waals surface area contributed by atoms with Gasteiger partial charge < -0.3 is 9.84 Å². The van der Waals surface area contributed by atoms with Crippen LogP contribution in [0.2, 0.25) is 0 Å². The summed E-state index contributed by atoms with van der Waals surface area (Å²) in [6.45, 7) is 5.05.